The second-order valence-electron chi connectivity index (χ2n) is 5.07. The zero-order valence-corrected chi connectivity index (χ0v) is 12.1. The summed E-state index contributed by atoms with van der Waals surface area (Å²) in [7, 11) is 1.75. The monoisotopic (exact) mass is 286 g/mol. The lowest BCUT2D eigenvalue weighted by Crippen LogP contribution is -2.27. The smallest absolute Gasteiger partial charge is 0.227 e. The third-order valence-corrected chi connectivity index (χ3v) is 3.37. The maximum absolute atomic E-state index is 12.8. The molecule has 0 aromatic heterocycles. The van der Waals surface area contributed by atoms with Crippen molar-refractivity contribution < 1.29 is 9.18 Å². The Morgan fingerprint density at radius 2 is 1.52 bits per heavy atom. The summed E-state index contributed by atoms with van der Waals surface area (Å²) in [6, 6.07) is 13.9. The van der Waals surface area contributed by atoms with E-state index in [-0.39, 0.29) is 11.7 Å². The van der Waals surface area contributed by atoms with Gasteiger partial charge in [-0.15, -0.1) is 0 Å². The zero-order valence-electron chi connectivity index (χ0n) is 12.1. The average Bonchev–Trinajstić information content (AvgIpc) is 2.50. The number of rotatable bonds is 5. The first kappa shape index (κ1) is 15.2. The van der Waals surface area contributed by atoms with Gasteiger partial charge in [-0.2, -0.15) is 0 Å². The van der Waals surface area contributed by atoms with Crippen LogP contribution in [0.3, 0.4) is 0 Å². The van der Waals surface area contributed by atoms with Gasteiger partial charge in [0.25, 0.3) is 0 Å². The normalized spacial score (nSPS) is 10.4. The molecule has 0 spiro atoms. The molecule has 0 atom stereocenters. The van der Waals surface area contributed by atoms with Crippen LogP contribution in [-0.2, 0) is 24.3 Å². The Kier molecular flexibility index (Phi) is 5.06. The van der Waals surface area contributed by atoms with E-state index in [9.17, 15) is 9.18 Å². The molecule has 2 rings (SSSR count). The quantitative estimate of drug-likeness (QED) is 0.918. The van der Waals surface area contributed by atoms with Gasteiger partial charge in [-0.1, -0.05) is 36.4 Å². The van der Waals surface area contributed by atoms with Gasteiger partial charge >= 0.3 is 0 Å². The Morgan fingerprint density at radius 1 is 1.00 bits per heavy atom. The van der Waals surface area contributed by atoms with Gasteiger partial charge in [0.15, 0.2) is 0 Å². The van der Waals surface area contributed by atoms with E-state index in [4.69, 9.17) is 5.73 Å². The number of likely N-dealkylation sites (N-methyl/N-ethyl adjacent to an activating group) is 1. The average molecular weight is 286 g/mol. The van der Waals surface area contributed by atoms with Crippen LogP contribution in [0.5, 0.6) is 0 Å². The van der Waals surface area contributed by atoms with Crippen molar-refractivity contribution in [1.82, 2.24) is 4.90 Å². The summed E-state index contributed by atoms with van der Waals surface area (Å²) in [5, 5.41) is 0. The molecule has 2 aromatic rings. The molecule has 2 aromatic carbocycles. The summed E-state index contributed by atoms with van der Waals surface area (Å²) in [4.78, 5) is 13.8. The largest absolute Gasteiger partial charge is 0.341 e. The standard InChI is InChI=1S/C17H19FN2O/c1-20(12-15-6-8-16(18)9-7-15)17(21)10-13-2-4-14(11-19)5-3-13/h2-9H,10-12,19H2,1H3. The fraction of sp³-hybridized carbons (Fsp3) is 0.235. The highest BCUT2D eigenvalue weighted by Gasteiger charge is 2.10. The number of halogens is 1. The van der Waals surface area contributed by atoms with Crippen molar-refractivity contribution in [3.63, 3.8) is 0 Å². The molecule has 0 saturated heterocycles. The molecule has 4 heteroatoms. The van der Waals surface area contributed by atoms with E-state index in [0.29, 0.717) is 19.5 Å². The number of hydrogen-bond acceptors (Lipinski definition) is 2. The van der Waals surface area contributed by atoms with Gasteiger partial charge in [-0.25, -0.2) is 4.39 Å². The minimum Gasteiger partial charge on any atom is -0.341 e. The predicted octanol–water partition coefficient (Wildman–Crippen LogP) is 2.49. The van der Waals surface area contributed by atoms with Crippen LogP contribution in [0.4, 0.5) is 4.39 Å². The van der Waals surface area contributed by atoms with Crippen molar-refractivity contribution in [1.29, 1.82) is 0 Å². The first-order chi connectivity index (χ1) is 10.1. The fourth-order valence-electron chi connectivity index (χ4n) is 2.05. The van der Waals surface area contributed by atoms with E-state index in [2.05, 4.69) is 0 Å². The highest BCUT2D eigenvalue weighted by molar-refractivity contribution is 5.78. The summed E-state index contributed by atoms with van der Waals surface area (Å²) >= 11 is 0. The van der Waals surface area contributed by atoms with Crippen molar-refractivity contribution in [2.45, 2.75) is 19.5 Å². The summed E-state index contributed by atoms with van der Waals surface area (Å²) in [6.07, 6.45) is 0.350. The van der Waals surface area contributed by atoms with E-state index >= 15 is 0 Å². The van der Waals surface area contributed by atoms with Gasteiger partial charge in [-0.3, -0.25) is 4.79 Å². The molecule has 0 aliphatic rings. The van der Waals surface area contributed by atoms with Gasteiger partial charge in [0.05, 0.1) is 6.42 Å². The van der Waals surface area contributed by atoms with Crippen LogP contribution >= 0.6 is 0 Å². The third kappa shape index (κ3) is 4.39. The Balaban J connectivity index is 1.93. The van der Waals surface area contributed by atoms with Gasteiger partial charge in [0, 0.05) is 20.1 Å². The van der Waals surface area contributed by atoms with Crippen LogP contribution in [0.25, 0.3) is 0 Å². The van der Waals surface area contributed by atoms with Crippen LogP contribution in [0.1, 0.15) is 16.7 Å². The van der Waals surface area contributed by atoms with Crippen molar-refractivity contribution in [3.05, 3.63) is 71.0 Å². The first-order valence-electron chi connectivity index (χ1n) is 6.85. The number of nitrogens with zero attached hydrogens (tertiary/aromatic N) is 1. The van der Waals surface area contributed by atoms with Crippen molar-refractivity contribution in [3.8, 4) is 0 Å². The van der Waals surface area contributed by atoms with Gasteiger partial charge in [-0.05, 0) is 28.8 Å². The van der Waals surface area contributed by atoms with Crippen LogP contribution < -0.4 is 5.73 Å². The lowest BCUT2D eigenvalue weighted by atomic mass is 10.1. The summed E-state index contributed by atoms with van der Waals surface area (Å²) in [5.41, 5.74) is 8.46. The Morgan fingerprint density at radius 3 is 2.10 bits per heavy atom. The van der Waals surface area contributed by atoms with Crippen molar-refractivity contribution in [2.75, 3.05) is 7.05 Å². The molecule has 1 amide bonds. The number of hydrogen-bond donors (Lipinski definition) is 1. The molecule has 110 valence electrons. The fourth-order valence-corrected chi connectivity index (χ4v) is 2.05. The van der Waals surface area contributed by atoms with E-state index in [0.717, 1.165) is 16.7 Å². The first-order valence-corrected chi connectivity index (χ1v) is 6.85. The molecular formula is C17H19FN2O. The Bertz CT molecular complexity index is 593. The van der Waals surface area contributed by atoms with E-state index in [1.54, 1.807) is 24.1 Å². The van der Waals surface area contributed by atoms with Crippen LogP contribution in [0.2, 0.25) is 0 Å². The lowest BCUT2D eigenvalue weighted by molar-refractivity contribution is -0.129. The predicted molar refractivity (Wildman–Crippen MR) is 80.9 cm³/mol. The summed E-state index contributed by atoms with van der Waals surface area (Å²) < 4.78 is 12.8. The van der Waals surface area contributed by atoms with Crippen molar-refractivity contribution >= 4 is 5.91 Å². The number of benzene rings is 2. The van der Waals surface area contributed by atoms with Gasteiger partial charge < -0.3 is 10.6 Å². The van der Waals surface area contributed by atoms with Crippen molar-refractivity contribution in [2.24, 2.45) is 5.73 Å². The molecule has 3 nitrogen and oxygen atoms in total. The van der Waals surface area contributed by atoms with E-state index < -0.39 is 0 Å². The van der Waals surface area contributed by atoms with E-state index in [1.807, 2.05) is 24.3 Å². The molecule has 0 aliphatic carbocycles. The molecular weight excluding hydrogens is 267 g/mol. The minimum atomic E-state index is -0.271. The Hall–Kier alpha value is -2.20. The van der Waals surface area contributed by atoms with E-state index in [1.165, 1.54) is 12.1 Å². The second-order valence-corrected chi connectivity index (χ2v) is 5.07. The molecule has 0 unspecified atom stereocenters. The van der Waals surface area contributed by atoms with Gasteiger partial charge in [0.1, 0.15) is 5.82 Å². The SMILES string of the molecule is CN(Cc1ccc(F)cc1)C(=O)Cc1ccc(CN)cc1. The minimum absolute atomic E-state index is 0.0276. The number of carbonyl (C=O) groups excluding carboxylic acids is 1. The summed E-state index contributed by atoms with van der Waals surface area (Å²) in [5.74, 6) is -0.243. The maximum atomic E-state index is 12.8. The zero-order chi connectivity index (χ0) is 15.2. The topological polar surface area (TPSA) is 46.3 Å². The van der Waals surface area contributed by atoms with Crippen LogP contribution in [-0.4, -0.2) is 17.9 Å². The van der Waals surface area contributed by atoms with Crippen LogP contribution in [0, 0.1) is 5.82 Å². The van der Waals surface area contributed by atoms with Gasteiger partial charge in [0.2, 0.25) is 5.91 Å². The molecule has 0 bridgehead atoms. The molecule has 0 heterocycles. The van der Waals surface area contributed by atoms with Crippen LogP contribution in [0.15, 0.2) is 48.5 Å². The molecule has 0 fully saturated rings. The third-order valence-electron chi connectivity index (χ3n) is 3.37. The molecule has 0 radical (unpaired) electrons. The molecule has 2 N–H and O–H groups in total. The highest BCUT2D eigenvalue weighted by atomic mass is 19.1. The summed E-state index contributed by atoms with van der Waals surface area (Å²) in [6.45, 7) is 0.971. The molecule has 0 saturated carbocycles. The number of amides is 1. The highest BCUT2D eigenvalue weighted by Crippen LogP contribution is 2.09. The maximum Gasteiger partial charge on any atom is 0.227 e. The number of nitrogens with two attached hydrogens (primary N) is 1. The molecule has 0 aliphatic heterocycles. The molecule has 21 heavy (non-hydrogen) atoms. The number of carbonyl (C=O) groups is 1. The lowest BCUT2D eigenvalue weighted by Gasteiger charge is -2.17. The second kappa shape index (κ2) is 6.99. The Labute approximate surface area is 124 Å².